The number of anilines is 1. The third-order valence-corrected chi connectivity index (χ3v) is 2.94. The van der Waals surface area contributed by atoms with Crippen molar-refractivity contribution in [2.24, 2.45) is 0 Å². The molecule has 1 saturated carbocycles. The van der Waals surface area contributed by atoms with E-state index in [9.17, 15) is 4.79 Å². The zero-order valence-corrected chi connectivity index (χ0v) is 8.12. The minimum Gasteiger partial charge on any atom is -0.476 e. The maximum absolute atomic E-state index is 10.5. The molecule has 1 aliphatic rings. The van der Waals surface area contributed by atoms with Crippen LogP contribution < -0.4 is 5.32 Å². The molecule has 0 radical (unpaired) electrons. The summed E-state index contributed by atoms with van der Waals surface area (Å²) < 4.78 is 0. The molecule has 0 aromatic carbocycles. The van der Waals surface area contributed by atoms with E-state index in [1.54, 1.807) is 0 Å². The molecule has 5 nitrogen and oxygen atoms in total. The molecule has 0 unspecified atom stereocenters. The van der Waals surface area contributed by atoms with Crippen LogP contribution in [0.3, 0.4) is 0 Å². The quantitative estimate of drug-likeness (QED) is 0.692. The number of hydrogen-bond donors (Lipinski definition) is 3. The molecule has 0 bridgehead atoms. The van der Waals surface area contributed by atoms with Gasteiger partial charge in [-0.3, -0.25) is 0 Å². The summed E-state index contributed by atoms with van der Waals surface area (Å²) >= 11 is 1.27. The van der Waals surface area contributed by atoms with Gasteiger partial charge in [0.15, 0.2) is 10.8 Å². The predicted octanol–water partition coefficient (Wildman–Crippen LogP) is 0.776. The minimum atomic E-state index is -1.01. The number of aromatic nitrogens is 1. The van der Waals surface area contributed by atoms with Crippen LogP contribution in [0.5, 0.6) is 0 Å². The number of hydrogen-bond acceptors (Lipinski definition) is 5. The van der Waals surface area contributed by atoms with E-state index >= 15 is 0 Å². The van der Waals surface area contributed by atoms with Gasteiger partial charge in [-0.2, -0.15) is 0 Å². The number of aliphatic hydroxyl groups excluding tert-OH is 1. The summed E-state index contributed by atoms with van der Waals surface area (Å²) in [4.78, 5) is 14.4. The van der Waals surface area contributed by atoms with Crippen LogP contribution in [0.25, 0.3) is 0 Å². The highest BCUT2D eigenvalue weighted by molar-refractivity contribution is 7.13. The fourth-order valence-corrected chi connectivity index (χ4v) is 2.08. The SMILES string of the molecule is O=C(O)c1csc(NC2CC(O)C2)n1. The van der Waals surface area contributed by atoms with E-state index in [0.717, 1.165) is 0 Å². The molecular weight excluding hydrogens is 204 g/mol. The lowest BCUT2D eigenvalue weighted by atomic mass is 9.90. The highest BCUT2D eigenvalue weighted by Crippen LogP contribution is 2.25. The normalized spacial score (nSPS) is 25.5. The second-order valence-electron chi connectivity index (χ2n) is 3.31. The van der Waals surface area contributed by atoms with Gasteiger partial charge >= 0.3 is 5.97 Å². The first-order valence-corrected chi connectivity index (χ1v) is 5.16. The molecule has 2 rings (SSSR count). The highest BCUT2D eigenvalue weighted by Gasteiger charge is 2.27. The van der Waals surface area contributed by atoms with Crippen LogP contribution in [0.2, 0.25) is 0 Å². The van der Waals surface area contributed by atoms with Crippen molar-refractivity contribution >= 4 is 22.4 Å². The van der Waals surface area contributed by atoms with Crippen LogP contribution in [-0.2, 0) is 0 Å². The lowest BCUT2D eigenvalue weighted by Crippen LogP contribution is -2.38. The van der Waals surface area contributed by atoms with E-state index < -0.39 is 5.97 Å². The predicted molar refractivity (Wildman–Crippen MR) is 51.7 cm³/mol. The number of thiazole rings is 1. The molecule has 0 spiro atoms. The van der Waals surface area contributed by atoms with Crippen molar-refractivity contribution in [3.63, 3.8) is 0 Å². The fourth-order valence-electron chi connectivity index (χ4n) is 1.32. The van der Waals surface area contributed by atoms with Gasteiger partial charge in [0.25, 0.3) is 0 Å². The molecule has 0 amide bonds. The topological polar surface area (TPSA) is 82.5 Å². The van der Waals surface area contributed by atoms with Gasteiger partial charge in [-0.25, -0.2) is 9.78 Å². The number of carboxylic acids is 1. The van der Waals surface area contributed by atoms with Crippen LogP contribution >= 0.6 is 11.3 Å². The molecule has 1 heterocycles. The molecule has 1 fully saturated rings. The van der Waals surface area contributed by atoms with Crippen molar-refractivity contribution in [1.29, 1.82) is 0 Å². The Morgan fingerprint density at radius 1 is 1.64 bits per heavy atom. The van der Waals surface area contributed by atoms with E-state index in [2.05, 4.69) is 10.3 Å². The standard InChI is InChI=1S/C8H10N2O3S/c11-5-1-4(2-5)9-8-10-6(3-14-8)7(12)13/h3-5,11H,1-2H2,(H,9,10)(H,12,13). The molecule has 1 aromatic heterocycles. The van der Waals surface area contributed by atoms with Gasteiger partial charge < -0.3 is 15.5 Å². The maximum Gasteiger partial charge on any atom is 0.355 e. The Bertz CT molecular complexity index is 346. The van der Waals surface area contributed by atoms with Crippen molar-refractivity contribution in [3.05, 3.63) is 11.1 Å². The number of aromatic carboxylic acids is 1. The second-order valence-corrected chi connectivity index (χ2v) is 4.17. The maximum atomic E-state index is 10.5. The van der Waals surface area contributed by atoms with Crippen molar-refractivity contribution in [1.82, 2.24) is 4.98 Å². The molecule has 0 aliphatic heterocycles. The average molecular weight is 214 g/mol. The largest absolute Gasteiger partial charge is 0.476 e. The highest BCUT2D eigenvalue weighted by atomic mass is 32.1. The number of carboxylic acid groups (broad SMARTS) is 1. The molecule has 76 valence electrons. The third-order valence-electron chi connectivity index (χ3n) is 2.16. The summed E-state index contributed by atoms with van der Waals surface area (Å²) in [5.74, 6) is -1.01. The Morgan fingerprint density at radius 2 is 2.36 bits per heavy atom. The van der Waals surface area contributed by atoms with Gasteiger partial charge in [0, 0.05) is 11.4 Å². The molecule has 1 aliphatic carbocycles. The Labute approximate surface area is 84.4 Å². The summed E-state index contributed by atoms with van der Waals surface area (Å²) in [6.45, 7) is 0. The van der Waals surface area contributed by atoms with Crippen LogP contribution in [0.4, 0.5) is 5.13 Å². The first-order valence-electron chi connectivity index (χ1n) is 4.28. The van der Waals surface area contributed by atoms with E-state index in [1.165, 1.54) is 16.7 Å². The van der Waals surface area contributed by atoms with Crippen LogP contribution in [-0.4, -0.2) is 33.3 Å². The molecule has 6 heteroatoms. The van der Waals surface area contributed by atoms with Crippen molar-refractivity contribution in [2.45, 2.75) is 25.0 Å². The number of nitrogens with one attached hydrogen (secondary N) is 1. The van der Waals surface area contributed by atoms with Gasteiger partial charge in [-0.05, 0) is 12.8 Å². The summed E-state index contributed by atoms with van der Waals surface area (Å²) in [6.07, 6.45) is 1.20. The van der Waals surface area contributed by atoms with Crippen LogP contribution in [0, 0.1) is 0 Å². The summed E-state index contributed by atoms with van der Waals surface area (Å²) in [7, 11) is 0. The third kappa shape index (κ3) is 1.85. The first kappa shape index (κ1) is 9.42. The molecule has 3 N–H and O–H groups in total. The van der Waals surface area contributed by atoms with Crippen LogP contribution in [0.1, 0.15) is 23.3 Å². The molecule has 14 heavy (non-hydrogen) atoms. The zero-order valence-electron chi connectivity index (χ0n) is 7.30. The zero-order chi connectivity index (χ0) is 10.1. The first-order chi connectivity index (χ1) is 6.65. The van der Waals surface area contributed by atoms with Gasteiger partial charge in [0.1, 0.15) is 0 Å². The summed E-state index contributed by atoms with van der Waals surface area (Å²) in [5.41, 5.74) is 0.0670. The Hall–Kier alpha value is -1.14. The molecular formula is C8H10N2O3S. The van der Waals surface area contributed by atoms with Gasteiger partial charge in [-0.15, -0.1) is 11.3 Å². The van der Waals surface area contributed by atoms with Crippen molar-refractivity contribution in [3.8, 4) is 0 Å². The van der Waals surface area contributed by atoms with E-state index in [-0.39, 0.29) is 17.8 Å². The lowest BCUT2D eigenvalue weighted by molar-refractivity contribution is 0.0690. The number of carbonyl (C=O) groups is 1. The van der Waals surface area contributed by atoms with Crippen LogP contribution in [0.15, 0.2) is 5.38 Å². The molecule has 1 aromatic rings. The van der Waals surface area contributed by atoms with Gasteiger partial charge in [0.05, 0.1) is 6.10 Å². The molecule has 0 atom stereocenters. The Balaban J connectivity index is 1.93. The fraction of sp³-hybridized carbons (Fsp3) is 0.500. The number of nitrogens with zero attached hydrogens (tertiary/aromatic N) is 1. The smallest absolute Gasteiger partial charge is 0.355 e. The number of rotatable bonds is 3. The average Bonchev–Trinajstić information content (AvgIpc) is 2.50. The van der Waals surface area contributed by atoms with Gasteiger partial charge in [0.2, 0.25) is 0 Å². The Morgan fingerprint density at radius 3 is 2.86 bits per heavy atom. The van der Waals surface area contributed by atoms with Crippen molar-refractivity contribution in [2.75, 3.05) is 5.32 Å². The van der Waals surface area contributed by atoms with Crippen molar-refractivity contribution < 1.29 is 15.0 Å². The Kier molecular flexibility index (Phi) is 2.39. The summed E-state index contributed by atoms with van der Waals surface area (Å²) in [6, 6.07) is 0.234. The number of aliphatic hydroxyl groups is 1. The second kappa shape index (κ2) is 3.55. The van der Waals surface area contributed by atoms with E-state index in [0.29, 0.717) is 18.0 Å². The lowest BCUT2D eigenvalue weighted by Gasteiger charge is -2.31. The van der Waals surface area contributed by atoms with E-state index in [4.69, 9.17) is 10.2 Å². The van der Waals surface area contributed by atoms with Gasteiger partial charge in [-0.1, -0.05) is 0 Å². The molecule has 0 saturated heterocycles. The van der Waals surface area contributed by atoms with E-state index in [1.807, 2.05) is 0 Å². The monoisotopic (exact) mass is 214 g/mol. The summed E-state index contributed by atoms with van der Waals surface area (Å²) in [5, 5.41) is 22.8. The minimum absolute atomic E-state index is 0.0670.